The number of hydrogen-bond acceptors (Lipinski definition) is 5. The van der Waals surface area contributed by atoms with Gasteiger partial charge in [0.05, 0.1) is 17.6 Å². The summed E-state index contributed by atoms with van der Waals surface area (Å²) in [5.74, 6) is -1.06. The fraction of sp³-hybridized carbons (Fsp3) is 0.143. The number of rotatable bonds is 4. The maximum Gasteiger partial charge on any atom is 0.417 e. The Morgan fingerprint density at radius 3 is 2.56 bits per heavy atom. The highest BCUT2D eigenvalue weighted by Gasteiger charge is 2.32. The number of anilines is 1. The zero-order valence-electron chi connectivity index (χ0n) is 12.4. The number of pyridine rings is 1. The van der Waals surface area contributed by atoms with Gasteiger partial charge in [-0.2, -0.15) is 13.2 Å². The van der Waals surface area contributed by atoms with Crippen LogP contribution in [0.3, 0.4) is 0 Å². The lowest BCUT2D eigenvalue weighted by Gasteiger charge is -2.12. The molecule has 11 heteroatoms. The Morgan fingerprint density at radius 1 is 1.36 bits per heavy atom. The van der Waals surface area contributed by atoms with Crippen LogP contribution in [0, 0.1) is 10.1 Å². The van der Waals surface area contributed by atoms with Crippen molar-refractivity contribution in [2.24, 2.45) is 0 Å². The summed E-state index contributed by atoms with van der Waals surface area (Å²) in [5, 5.41) is 12.6. The van der Waals surface area contributed by atoms with Crippen molar-refractivity contribution in [1.82, 2.24) is 4.98 Å². The van der Waals surface area contributed by atoms with Crippen molar-refractivity contribution >= 4 is 28.9 Å². The molecule has 1 heterocycles. The molecule has 0 saturated carbocycles. The van der Waals surface area contributed by atoms with E-state index >= 15 is 0 Å². The van der Waals surface area contributed by atoms with E-state index in [1.807, 2.05) is 0 Å². The van der Waals surface area contributed by atoms with Crippen molar-refractivity contribution in [2.45, 2.75) is 6.18 Å². The Labute approximate surface area is 143 Å². The fourth-order valence-corrected chi connectivity index (χ4v) is 2.10. The van der Waals surface area contributed by atoms with E-state index in [0.717, 1.165) is 18.2 Å². The van der Waals surface area contributed by atoms with Gasteiger partial charge in [-0.1, -0.05) is 11.6 Å². The minimum atomic E-state index is -4.66. The van der Waals surface area contributed by atoms with Gasteiger partial charge in [-0.25, -0.2) is 4.98 Å². The van der Waals surface area contributed by atoms with Gasteiger partial charge in [-0.15, -0.1) is 0 Å². The number of nitro benzene ring substituents is 1. The molecule has 1 aromatic heterocycles. The van der Waals surface area contributed by atoms with Gasteiger partial charge < -0.3 is 10.1 Å². The van der Waals surface area contributed by atoms with E-state index in [2.05, 4.69) is 10.3 Å². The van der Waals surface area contributed by atoms with E-state index in [-0.39, 0.29) is 22.2 Å². The summed E-state index contributed by atoms with van der Waals surface area (Å²) >= 11 is 5.71. The second-order valence-corrected chi connectivity index (χ2v) is 5.06. The second-order valence-electron chi connectivity index (χ2n) is 4.66. The molecule has 0 aliphatic carbocycles. The number of carbonyl (C=O) groups excluding carboxylic acids is 1. The van der Waals surface area contributed by atoms with Gasteiger partial charge in [0.1, 0.15) is 10.7 Å². The SMILES string of the molecule is COc1ncc(C(F)(F)F)cc1NC(=O)c1ccc([N+](=O)[O-])c(Cl)c1. The molecule has 0 aliphatic rings. The van der Waals surface area contributed by atoms with E-state index in [1.54, 1.807) is 0 Å². The Kier molecular flexibility index (Phi) is 5.12. The number of alkyl halides is 3. The molecule has 1 aromatic carbocycles. The number of benzene rings is 1. The quantitative estimate of drug-likeness (QED) is 0.645. The van der Waals surface area contributed by atoms with Crippen LogP contribution in [0.4, 0.5) is 24.5 Å². The average Bonchev–Trinajstić information content (AvgIpc) is 2.53. The smallest absolute Gasteiger partial charge is 0.417 e. The number of nitrogens with one attached hydrogen (secondary N) is 1. The number of nitro groups is 1. The molecule has 0 aliphatic heterocycles. The summed E-state index contributed by atoms with van der Waals surface area (Å²) in [6.07, 6.45) is -4.09. The first-order chi connectivity index (χ1) is 11.6. The van der Waals surface area contributed by atoms with Crippen LogP contribution in [0.5, 0.6) is 5.88 Å². The van der Waals surface area contributed by atoms with Crippen molar-refractivity contribution in [3.8, 4) is 5.88 Å². The average molecular weight is 376 g/mol. The lowest BCUT2D eigenvalue weighted by atomic mass is 10.2. The summed E-state index contributed by atoms with van der Waals surface area (Å²) in [5.41, 5.74) is -1.88. The first-order valence-electron chi connectivity index (χ1n) is 6.50. The summed E-state index contributed by atoms with van der Waals surface area (Å²) in [7, 11) is 1.17. The van der Waals surface area contributed by atoms with Gasteiger partial charge in [0.25, 0.3) is 11.6 Å². The maximum atomic E-state index is 12.8. The van der Waals surface area contributed by atoms with Crippen molar-refractivity contribution in [1.29, 1.82) is 0 Å². The zero-order chi connectivity index (χ0) is 18.8. The van der Waals surface area contributed by atoms with Crippen LogP contribution in [0.1, 0.15) is 15.9 Å². The molecule has 0 radical (unpaired) electrons. The van der Waals surface area contributed by atoms with Crippen LogP contribution in [0.2, 0.25) is 5.02 Å². The molecular weight excluding hydrogens is 367 g/mol. The Hall–Kier alpha value is -2.88. The van der Waals surface area contributed by atoms with Gasteiger partial charge in [0, 0.05) is 17.8 Å². The van der Waals surface area contributed by atoms with E-state index in [0.29, 0.717) is 12.3 Å². The van der Waals surface area contributed by atoms with Crippen LogP contribution >= 0.6 is 11.6 Å². The molecule has 0 spiro atoms. The van der Waals surface area contributed by atoms with Crippen LogP contribution in [-0.4, -0.2) is 22.9 Å². The lowest BCUT2D eigenvalue weighted by Crippen LogP contribution is -2.15. The molecule has 2 aromatic rings. The van der Waals surface area contributed by atoms with E-state index in [9.17, 15) is 28.1 Å². The van der Waals surface area contributed by atoms with Crippen LogP contribution in [0.25, 0.3) is 0 Å². The van der Waals surface area contributed by atoms with Gasteiger partial charge in [-0.3, -0.25) is 14.9 Å². The molecule has 0 atom stereocenters. The third-order valence-electron chi connectivity index (χ3n) is 3.03. The van der Waals surface area contributed by atoms with Crippen molar-refractivity contribution in [3.05, 3.63) is 56.7 Å². The largest absolute Gasteiger partial charge is 0.480 e. The van der Waals surface area contributed by atoms with Crippen LogP contribution < -0.4 is 10.1 Å². The highest BCUT2D eigenvalue weighted by atomic mass is 35.5. The van der Waals surface area contributed by atoms with E-state index in [4.69, 9.17) is 16.3 Å². The molecular formula is C14H9ClF3N3O4. The lowest BCUT2D eigenvalue weighted by molar-refractivity contribution is -0.384. The summed E-state index contributed by atoms with van der Waals surface area (Å²) in [6, 6.07) is 3.82. The number of ether oxygens (including phenoxy) is 1. The number of aromatic nitrogens is 1. The molecule has 0 unspecified atom stereocenters. The maximum absolute atomic E-state index is 12.8. The molecule has 0 fully saturated rings. The summed E-state index contributed by atoms with van der Waals surface area (Å²) < 4.78 is 43.1. The molecule has 2 rings (SSSR count). The number of amides is 1. The first kappa shape index (κ1) is 18.5. The number of carbonyl (C=O) groups is 1. The number of hydrogen-bond donors (Lipinski definition) is 1. The Balaban J connectivity index is 2.34. The number of methoxy groups -OCH3 is 1. The third-order valence-corrected chi connectivity index (χ3v) is 3.33. The second kappa shape index (κ2) is 6.93. The van der Waals surface area contributed by atoms with Crippen LogP contribution in [0.15, 0.2) is 30.5 Å². The minimum Gasteiger partial charge on any atom is -0.480 e. The molecule has 1 amide bonds. The fourth-order valence-electron chi connectivity index (χ4n) is 1.85. The highest BCUT2D eigenvalue weighted by Crippen LogP contribution is 2.33. The van der Waals surface area contributed by atoms with Gasteiger partial charge in [-0.05, 0) is 18.2 Å². The molecule has 0 bridgehead atoms. The predicted molar refractivity (Wildman–Crippen MR) is 81.9 cm³/mol. The highest BCUT2D eigenvalue weighted by molar-refractivity contribution is 6.33. The van der Waals surface area contributed by atoms with Gasteiger partial charge in [0.15, 0.2) is 0 Å². The molecule has 0 saturated heterocycles. The molecule has 1 N–H and O–H groups in total. The first-order valence-corrected chi connectivity index (χ1v) is 6.88. The standard InChI is InChI=1S/C14H9ClF3N3O4/c1-25-13-10(5-8(6-19-13)14(16,17)18)20-12(22)7-2-3-11(21(23)24)9(15)4-7/h2-6H,1H3,(H,20,22). The molecule has 7 nitrogen and oxygen atoms in total. The molecule has 25 heavy (non-hydrogen) atoms. The van der Waals surface area contributed by atoms with Crippen molar-refractivity contribution in [2.75, 3.05) is 12.4 Å². The van der Waals surface area contributed by atoms with Crippen molar-refractivity contribution < 1.29 is 27.6 Å². The summed E-state index contributed by atoms with van der Waals surface area (Å²) in [6.45, 7) is 0. The number of nitrogens with zero attached hydrogens (tertiary/aromatic N) is 2. The third kappa shape index (κ3) is 4.15. The van der Waals surface area contributed by atoms with E-state index in [1.165, 1.54) is 7.11 Å². The van der Waals surface area contributed by atoms with Gasteiger partial charge in [0.2, 0.25) is 5.88 Å². The number of halogens is 4. The Bertz CT molecular complexity index is 843. The van der Waals surface area contributed by atoms with Crippen LogP contribution in [-0.2, 0) is 6.18 Å². The molecule has 132 valence electrons. The monoisotopic (exact) mass is 375 g/mol. The Morgan fingerprint density at radius 2 is 2.04 bits per heavy atom. The zero-order valence-corrected chi connectivity index (χ0v) is 13.2. The van der Waals surface area contributed by atoms with Crippen molar-refractivity contribution in [3.63, 3.8) is 0 Å². The summed E-state index contributed by atoms with van der Waals surface area (Å²) in [4.78, 5) is 25.6. The predicted octanol–water partition coefficient (Wildman–Crippen LogP) is 3.92. The minimum absolute atomic E-state index is 0.0879. The van der Waals surface area contributed by atoms with Gasteiger partial charge >= 0.3 is 6.18 Å². The normalized spacial score (nSPS) is 11.1. The topological polar surface area (TPSA) is 94.4 Å². The van der Waals surface area contributed by atoms with E-state index < -0.39 is 28.3 Å².